The Morgan fingerprint density at radius 3 is 2.84 bits per heavy atom. The van der Waals surface area contributed by atoms with Crippen molar-refractivity contribution in [2.75, 3.05) is 0 Å². The molecule has 2 aromatic heterocycles. The minimum atomic E-state index is -0.886. The minimum absolute atomic E-state index is 0.163. The van der Waals surface area contributed by atoms with E-state index in [1.165, 1.54) is 23.9 Å². The van der Waals surface area contributed by atoms with E-state index in [9.17, 15) is 9.59 Å². The number of H-pyrrole nitrogens is 1. The molecule has 0 aromatic carbocycles. The zero-order chi connectivity index (χ0) is 14.0. The largest absolute Gasteiger partial charge is 0.339 e. The van der Waals surface area contributed by atoms with Crippen molar-refractivity contribution < 1.29 is 0 Å². The van der Waals surface area contributed by atoms with E-state index in [0.29, 0.717) is 10.6 Å². The Morgan fingerprint density at radius 2 is 2.16 bits per heavy atom. The van der Waals surface area contributed by atoms with E-state index < -0.39 is 11.1 Å². The maximum absolute atomic E-state index is 11.2. The Kier molecular flexibility index (Phi) is 3.69. The van der Waals surface area contributed by atoms with Gasteiger partial charge in [-0.15, -0.1) is 0 Å². The third-order valence-corrected chi connectivity index (χ3v) is 3.20. The molecule has 19 heavy (non-hydrogen) atoms. The van der Waals surface area contributed by atoms with Gasteiger partial charge in [0.2, 0.25) is 0 Å². The maximum atomic E-state index is 11.2. The number of hydrogen-bond acceptors (Lipinski definition) is 6. The summed E-state index contributed by atoms with van der Waals surface area (Å²) < 4.78 is 1.29. The van der Waals surface area contributed by atoms with Crippen LogP contribution < -0.4 is 11.1 Å². The molecule has 0 saturated heterocycles. The fourth-order valence-electron chi connectivity index (χ4n) is 1.24. The Labute approximate surface area is 115 Å². The number of aryl methyl sites for hydroxylation is 1. The molecule has 0 unspecified atom stereocenters. The van der Waals surface area contributed by atoms with Crippen molar-refractivity contribution in [3.8, 4) is 6.07 Å². The molecule has 0 aliphatic heterocycles. The smallest absolute Gasteiger partial charge is 0.265 e. The number of nitrogens with one attached hydrogen (secondary N) is 1. The second-order valence-corrected chi connectivity index (χ2v) is 4.80. The lowest BCUT2D eigenvalue weighted by atomic mass is 10.3. The van der Waals surface area contributed by atoms with Crippen LogP contribution in [-0.4, -0.2) is 19.7 Å². The highest BCUT2D eigenvalue weighted by Gasteiger charge is 2.09. The topological polar surface area (TPSA) is 104 Å². The van der Waals surface area contributed by atoms with Gasteiger partial charge in [0.25, 0.3) is 0 Å². The Balaban J connectivity index is 2.45. The van der Waals surface area contributed by atoms with Crippen molar-refractivity contribution in [1.29, 1.82) is 5.26 Å². The lowest BCUT2D eigenvalue weighted by Gasteiger charge is -2.05. The molecule has 0 saturated carbocycles. The van der Waals surface area contributed by atoms with E-state index in [0.717, 1.165) is 11.8 Å². The van der Waals surface area contributed by atoms with E-state index in [2.05, 4.69) is 15.1 Å². The number of hydrogen-bond donors (Lipinski definition) is 1. The fraction of sp³-hybridized carbons (Fsp3) is 0.100. The second-order valence-electron chi connectivity index (χ2n) is 3.43. The van der Waals surface area contributed by atoms with E-state index in [-0.39, 0.29) is 10.3 Å². The van der Waals surface area contributed by atoms with Gasteiger partial charge in [-0.3, -0.25) is 19.4 Å². The average molecular weight is 296 g/mol. The zero-order valence-corrected chi connectivity index (χ0v) is 11.1. The molecule has 7 nitrogen and oxygen atoms in total. The van der Waals surface area contributed by atoms with E-state index in [1.54, 1.807) is 0 Å². The van der Waals surface area contributed by atoms with Gasteiger partial charge in [0.05, 0.1) is 11.6 Å². The first-order chi connectivity index (χ1) is 8.99. The summed E-state index contributed by atoms with van der Waals surface area (Å²) in [4.78, 5) is 29.9. The van der Waals surface area contributed by atoms with Gasteiger partial charge in [0.1, 0.15) is 10.2 Å². The lowest BCUT2D eigenvalue weighted by molar-refractivity contribution is 0.596. The minimum Gasteiger partial charge on any atom is -0.265 e. The molecule has 2 aromatic rings. The number of rotatable bonds is 2. The Bertz CT molecular complexity index is 792. The van der Waals surface area contributed by atoms with Crippen LogP contribution in [0.2, 0.25) is 5.15 Å². The van der Waals surface area contributed by atoms with Crippen LogP contribution in [0.3, 0.4) is 0 Å². The summed E-state index contributed by atoms with van der Waals surface area (Å²) >= 11 is 6.78. The molecule has 2 rings (SSSR count). The van der Waals surface area contributed by atoms with Gasteiger partial charge in [-0.25, -0.2) is 4.98 Å². The first kappa shape index (κ1) is 13.3. The molecule has 9 heteroatoms. The summed E-state index contributed by atoms with van der Waals surface area (Å²) in [5, 5.41) is 11.9. The standard InChI is InChI=1S/C10H6ClN5O2S/c1-16-10(14-8(17)9(18)15-16)19-7-3-5(4-12)2-6(11)13-7/h2-3H,1H3,(H,15,18). The molecule has 96 valence electrons. The highest BCUT2D eigenvalue weighted by molar-refractivity contribution is 7.99. The molecule has 0 atom stereocenters. The highest BCUT2D eigenvalue weighted by atomic mass is 35.5. The van der Waals surface area contributed by atoms with Crippen LogP contribution in [0, 0.1) is 11.3 Å². The van der Waals surface area contributed by atoms with Crippen molar-refractivity contribution in [1.82, 2.24) is 19.7 Å². The van der Waals surface area contributed by atoms with Crippen molar-refractivity contribution in [3.05, 3.63) is 43.6 Å². The number of pyridine rings is 1. The summed E-state index contributed by atoms with van der Waals surface area (Å²) in [6, 6.07) is 4.87. The molecule has 1 N–H and O–H groups in total. The Hall–Kier alpha value is -2.11. The van der Waals surface area contributed by atoms with Crippen molar-refractivity contribution in [3.63, 3.8) is 0 Å². The monoisotopic (exact) mass is 295 g/mol. The number of nitrogens with zero attached hydrogens (tertiary/aromatic N) is 4. The predicted molar refractivity (Wildman–Crippen MR) is 68.2 cm³/mol. The molecule has 0 aliphatic carbocycles. The van der Waals surface area contributed by atoms with Crippen LogP contribution in [-0.2, 0) is 7.05 Å². The molecular weight excluding hydrogens is 290 g/mol. The molecule has 0 spiro atoms. The third kappa shape index (κ3) is 3.01. The highest BCUT2D eigenvalue weighted by Crippen LogP contribution is 2.24. The molecule has 0 radical (unpaired) electrons. The maximum Gasteiger partial charge on any atom is 0.339 e. The normalized spacial score (nSPS) is 10.2. The first-order valence-electron chi connectivity index (χ1n) is 4.92. The lowest BCUT2D eigenvalue weighted by Crippen LogP contribution is -2.33. The van der Waals surface area contributed by atoms with Crippen LogP contribution >= 0.6 is 23.4 Å². The van der Waals surface area contributed by atoms with Gasteiger partial charge < -0.3 is 0 Å². The molecular formula is C10H6ClN5O2S. The van der Waals surface area contributed by atoms with Crippen LogP contribution in [0.1, 0.15) is 5.56 Å². The summed E-state index contributed by atoms with van der Waals surface area (Å²) in [6.45, 7) is 0. The molecule has 2 heterocycles. The van der Waals surface area contributed by atoms with Crippen molar-refractivity contribution in [2.24, 2.45) is 7.05 Å². The SMILES string of the molecule is Cn1[nH]c(=O)c(=O)nc1Sc1cc(C#N)cc(Cl)n1. The summed E-state index contributed by atoms with van der Waals surface area (Å²) in [7, 11) is 1.53. The Morgan fingerprint density at radius 1 is 1.42 bits per heavy atom. The summed E-state index contributed by atoms with van der Waals surface area (Å²) in [5.74, 6) is 0. The number of aromatic amines is 1. The van der Waals surface area contributed by atoms with E-state index in [1.807, 2.05) is 6.07 Å². The van der Waals surface area contributed by atoms with Gasteiger partial charge in [0.15, 0.2) is 5.16 Å². The quantitative estimate of drug-likeness (QED) is 0.640. The molecule has 0 fully saturated rings. The van der Waals surface area contributed by atoms with Gasteiger partial charge >= 0.3 is 11.1 Å². The predicted octanol–water partition coefficient (Wildman–Crippen LogP) is 0.540. The first-order valence-corrected chi connectivity index (χ1v) is 6.12. The number of halogens is 1. The van der Waals surface area contributed by atoms with Crippen molar-refractivity contribution >= 4 is 23.4 Å². The van der Waals surface area contributed by atoms with Crippen LogP contribution in [0.15, 0.2) is 31.9 Å². The van der Waals surface area contributed by atoms with Gasteiger partial charge in [-0.2, -0.15) is 10.2 Å². The van der Waals surface area contributed by atoms with Gasteiger partial charge in [-0.05, 0) is 23.9 Å². The molecule has 0 aliphatic rings. The van der Waals surface area contributed by atoms with E-state index in [4.69, 9.17) is 16.9 Å². The third-order valence-electron chi connectivity index (χ3n) is 2.04. The van der Waals surface area contributed by atoms with E-state index >= 15 is 0 Å². The van der Waals surface area contributed by atoms with Crippen LogP contribution in [0.4, 0.5) is 0 Å². The van der Waals surface area contributed by atoms with Crippen molar-refractivity contribution in [2.45, 2.75) is 10.2 Å². The molecule has 0 bridgehead atoms. The average Bonchev–Trinajstić information content (AvgIpc) is 2.35. The molecule has 0 amide bonds. The summed E-state index contributed by atoms with van der Waals surface area (Å²) in [6.07, 6.45) is 0. The van der Waals surface area contributed by atoms with Gasteiger partial charge in [-0.1, -0.05) is 11.6 Å². The van der Waals surface area contributed by atoms with Crippen LogP contribution in [0.25, 0.3) is 0 Å². The number of aromatic nitrogens is 4. The second kappa shape index (κ2) is 5.26. The summed E-state index contributed by atoms with van der Waals surface area (Å²) in [5.41, 5.74) is -1.34. The van der Waals surface area contributed by atoms with Crippen LogP contribution in [0.5, 0.6) is 0 Å². The zero-order valence-electron chi connectivity index (χ0n) is 9.55. The fourth-order valence-corrected chi connectivity index (χ4v) is 2.32. The number of nitriles is 1. The van der Waals surface area contributed by atoms with Gasteiger partial charge in [0, 0.05) is 7.05 Å².